The van der Waals surface area contributed by atoms with Gasteiger partial charge in [0.05, 0.1) is 11.6 Å². The Balaban J connectivity index is 1.53. The van der Waals surface area contributed by atoms with E-state index in [9.17, 15) is 4.79 Å². The molecule has 1 heterocycles. The van der Waals surface area contributed by atoms with E-state index < -0.39 is 0 Å². The molecule has 0 saturated heterocycles. The highest BCUT2D eigenvalue weighted by molar-refractivity contribution is 6.35. The van der Waals surface area contributed by atoms with E-state index in [0.717, 1.165) is 11.1 Å². The summed E-state index contributed by atoms with van der Waals surface area (Å²) in [6, 6.07) is 12.5. The summed E-state index contributed by atoms with van der Waals surface area (Å²) < 4.78 is 10.9. The second-order valence-corrected chi connectivity index (χ2v) is 6.30. The fourth-order valence-corrected chi connectivity index (χ4v) is 2.67. The SMILES string of the molecule is Cc1ccccc1-c1nnc(CNC(=O)COc2ccc(Cl)cc2Cl)o1. The maximum atomic E-state index is 11.9. The summed E-state index contributed by atoms with van der Waals surface area (Å²) in [4.78, 5) is 11.9. The highest BCUT2D eigenvalue weighted by atomic mass is 35.5. The number of benzene rings is 2. The maximum Gasteiger partial charge on any atom is 0.258 e. The third-order valence-corrected chi connectivity index (χ3v) is 4.06. The van der Waals surface area contributed by atoms with Crippen molar-refractivity contribution in [3.63, 3.8) is 0 Å². The van der Waals surface area contributed by atoms with Crippen LogP contribution in [-0.2, 0) is 11.3 Å². The number of aryl methyl sites for hydroxylation is 1. The molecule has 3 rings (SSSR count). The number of rotatable bonds is 6. The molecule has 0 atom stereocenters. The second kappa shape index (κ2) is 8.21. The molecule has 3 aromatic rings. The molecule has 0 spiro atoms. The summed E-state index contributed by atoms with van der Waals surface area (Å²) in [6.45, 7) is 1.87. The van der Waals surface area contributed by atoms with E-state index in [-0.39, 0.29) is 19.1 Å². The van der Waals surface area contributed by atoms with Crippen LogP contribution in [0.25, 0.3) is 11.5 Å². The van der Waals surface area contributed by atoms with Gasteiger partial charge in [-0.25, -0.2) is 0 Å². The molecule has 26 heavy (non-hydrogen) atoms. The van der Waals surface area contributed by atoms with Gasteiger partial charge in [0.15, 0.2) is 6.61 Å². The van der Waals surface area contributed by atoms with Crippen LogP contribution in [0, 0.1) is 6.92 Å². The summed E-state index contributed by atoms with van der Waals surface area (Å²) in [5, 5.41) is 11.4. The van der Waals surface area contributed by atoms with Gasteiger partial charge in [-0.3, -0.25) is 4.79 Å². The van der Waals surface area contributed by atoms with E-state index >= 15 is 0 Å². The van der Waals surface area contributed by atoms with Gasteiger partial charge >= 0.3 is 0 Å². The van der Waals surface area contributed by atoms with Crippen LogP contribution < -0.4 is 10.1 Å². The lowest BCUT2D eigenvalue weighted by atomic mass is 10.1. The lowest BCUT2D eigenvalue weighted by Gasteiger charge is -2.08. The minimum atomic E-state index is -0.341. The van der Waals surface area contributed by atoms with E-state index in [1.807, 2.05) is 31.2 Å². The molecule has 2 aromatic carbocycles. The Morgan fingerprint density at radius 3 is 2.77 bits per heavy atom. The zero-order valence-electron chi connectivity index (χ0n) is 13.8. The number of hydrogen-bond donors (Lipinski definition) is 1. The summed E-state index contributed by atoms with van der Waals surface area (Å²) in [7, 11) is 0. The van der Waals surface area contributed by atoms with Gasteiger partial charge in [0.25, 0.3) is 5.91 Å². The smallest absolute Gasteiger partial charge is 0.258 e. The van der Waals surface area contributed by atoms with Crippen LogP contribution in [0.4, 0.5) is 0 Å². The van der Waals surface area contributed by atoms with Gasteiger partial charge in [-0.05, 0) is 36.8 Å². The van der Waals surface area contributed by atoms with Gasteiger partial charge in [-0.1, -0.05) is 41.4 Å². The number of nitrogens with one attached hydrogen (secondary N) is 1. The Labute approximate surface area is 160 Å². The van der Waals surface area contributed by atoms with E-state index in [1.165, 1.54) is 0 Å². The second-order valence-electron chi connectivity index (χ2n) is 5.46. The average Bonchev–Trinajstić information content (AvgIpc) is 3.08. The molecule has 0 unspecified atom stereocenters. The largest absolute Gasteiger partial charge is 0.482 e. The summed E-state index contributed by atoms with van der Waals surface area (Å²) in [5.41, 5.74) is 1.89. The van der Waals surface area contributed by atoms with Crippen molar-refractivity contribution in [1.29, 1.82) is 0 Å². The molecule has 8 heteroatoms. The molecule has 6 nitrogen and oxygen atoms in total. The molecular weight excluding hydrogens is 377 g/mol. The van der Waals surface area contributed by atoms with Crippen molar-refractivity contribution >= 4 is 29.1 Å². The van der Waals surface area contributed by atoms with Crippen LogP contribution in [0.15, 0.2) is 46.9 Å². The number of aromatic nitrogens is 2. The van der Waals surface area contributed by atoms with Crippen LogP contribution in [0.5, 0.6) is 5.75 Å². The molecule has 0 bridgehead atoms. The zero-order chi connectivity index (χ0) is 18.5. The monoisotopic (exact) mass is 391 g/mol. The lowest BCUT2D eigenvalue weighted by molar-refractivity contribution is -0.123. The van der Waals surface area contributed by atoms with Gasteiger partial charge in [0, 0.05) is 10.6 Å². The quantitative estimate of drug-likeness (QED) is 0.685. The van der Waals surface area contributed by atoms with Crippen LogP contribution in [0.1, 0.15) is 11.5 Å². The van der Waals surface area contributed by atoms with E-state index in [4.69, 9.17) is 32.4 Å². The Morgan fingerprint density at radius 2 is 2.00 bits per heavy atom. The number of hydrogen-bond acceptors (Lipinski definition) is 5. The number of halogens is 2. The Bertz CT molecular complexity index is 928. The van der Waals surface area contributed by atoms with E-state index in [2.05, 4.69) is 15.5 Å². The Kier molecular flexibility index (Phi) is 5.75. The summed E-state index contributed by atoms with van der Waals surface area (Å²) in [5.74, 6) is 0.759. The van der Waals surface area contributed by atoms with Crippen molar-refractivity contribution in [2.75, 3.05) is 6.61 Å². The summed E-state index contributed by atoms with van der Waals surface area (Å²) in [6.07, 6.45) is 0. The number of nitrogens with zero attached hydrogens (tertiary/aromatic N) is 2. The standard InChI is InChI=1S/C18H15Cl2N3O3/c1-11-4-2-3-5-13(11)18-23-22-17(26-18)9-21-16(24)10-25-15-7-6-12(19)8-14(15)20/h2-8H,9-10H2,1H3,(H,21,24). The van der Waals surface area contributed by atoms with Crippen molar-refractivity contribution in [3.8, 4) is 17.2 Å². The normalized spacial score (nSPS) is 10.6. The molecule has 1 N–H and O–H groups in total. The Morgan fingerprint density at radius 1 is 1.19 bits per heavy atom. The molecule has 0 saturated carbocycles. The molecule has 0 aliphatic heterocycles. The molecule has 0 aliphatic carbocycles. The van der Waals surface area contributed by atoms with E-state index in [0.29, 0.717) is 27.6 Å². The van der Waals surface area contributed by atoms with Crippen LogP contribution >= 0.6 is 23.2 Å². The topological polar surface area (TPSA) is 77.2 Å². The number of carbonyl (C=O) groups is 1. The first kappa shape index (κ1) is 18.2. The average molecular weight is 392 g/mol. The molecule has 0 fully saturated rings. The highest BCUT2D eigenvalue weighted by Gasteiger charge is 2.12. The van der Waals surface area contributed by atoms with E-state index in [1.54, 1.807) is 18.2 Å². The first-order valence-corrected chi connectivity index (χ1v) is 8.51. The molecule has 0 radical (unpaired) electrons. The van der Waals surface area contributed by atoms with Crippen molar-refractivity contribution in [1.82, 2.24) is 15.5 Å². The molecule has 0 aliphatic rings. The van der Waals surface area contributed by atoms with Crippen molar-refractivity contribution in [3.05, 3.63) is 64.0 Å². The fraction of sp³-hybridized carbons (Fsp3) is 0.167. The predicted octanol–water partition coefficient (Wildman–Crippen LogP) is 4.05. The van der Waals surface area contributed by atoms with Gasteiger partial charge in [-0.2, -0.15) is 0 Å². The zero-order valence-corrected chi connectivity index (χ0v) is 15.3. The Hall–Kier alpha value is -2.57. The number of ether oxygens (including phenoxy) is 1. The molecule has 1 aromatic heterocycles. The maximum absolute atomic E-state index is 11.9. The van der Waals surface area contributed by atoms with Crippen LogP contribution in [0.2, 0.25) is 10.0 Å². The van der Waals surface area contributed by atoms with Crippen LogP contribution in [0.3, 0.4) is 0 Å². The number of amides is 1. The fourth-order valence-electron chi connectivity index (χ4n) is 2.21. The lowest BCUT2D eigenvalue weighted by Crippen LogP contribution is -2.28. The van der Waals surface area contributed by atoms with Gasteiger partial charge in [0.2, 0.25) is 11.8 Å². The van der Waals surface area contributed by atoms with Gasteiger partial charge < -0.3 is 14.5 Å². The third-order valence-electron chi connectivity index (χ3n) is 3.53. The van der Waals surface area contributed by atoms with Gasteiger partial charge in [-0.15, -0.1) is 10.2 Å². The van der Waals surface area contributed by atoms with Crippen molar-refractivity contribution in [2.45, 2.75) is 13.5 Å². The number of carbonyl (C=O) groups excluding carboxylic acids is 1. The molecular formula is C18H15Cl2N3O3. The van der Waals surface area contributed by atoms with Gasteiger partial charge in [0.1, 0.15) is 5.75 Å². The molecule has 1 amide bonds. The molecule has 134 valence electrons. The first-order chi connectivity index (χ1) is 12.5. The minimum absolute atomic E-state index is 0.107. The minimum Gasteiger partial charge on any atom is -0.482 e. The van der Waals surface area contributed by atoms with Crippen molar-refractivity contribution in [2.24, 2.45) is 0 Å². The third kappa shape index (κ3) is 4.53. The van der Waals surface area contributed by atoms with Crippen molar-refractivity contribution < 1.29 is 13.9 Å². The predicted molar refractivity (Wildman–Crippen MR) is 98.3 cm³/mol. The summed E-state index contributed by atoms with van der Waals surface area (Å²) >= 11 is 11.8. The highest BCUT2D eigenvalue weighted by Crippen LogP contribution is 2.27. The van der Waals surface area contributed by atoms with Crippen LogP contribution in [-0.4, -0.2) is 22.7 Å². The first-order valence-electron chi connectivity index (χ1n) is 7.76.